The third-order valence-electron chi connectivity index (χ3n) is 6.86. The Bertz CT molecular complexity index is 1240. The summed E-state index contributed by atoms with van der Waals surface area (Å²) in [6, 6.07) is 13.1. The van der Waals surface area contributed by atoms with Crippen molar-refractivity contribution in [3.8, 4) is 17.2 Å². The number of methoxy groups -OCH3 is 2. The summed E-state index contributed by atoms with van der Waals surface area (Å²) in [4.78, 5) is 26.6. The van der Waals surface area contributed by atoms with Gasteiger partial charge in [0.1, 0.15) is 29.6 Å². The van der Waals surface area contributed by atoms with E-state index in [4.69, 9.17) is 18.9 Å². The van der Waals surface area contributed by atoms with E-state index in [-0.39, 0.29) is 17.8 Å². The Morgan fingerprint density at radius 1 is 1.03 bits per heavy atom. The lowest BCUT2D eigenvalue weighted by molar-refractivity contribution is -0.139. The number of carbonyl (C=O) groups excluding carboxylic acids is 2. The molecule has 0 amide bonds. The number of allylic oxidation sites excluding steroid dienone is 3. The van der Waals surface area contributed by atoms with Crippen molar-refractivity contribution in [1.82, 2.24) is 5.32 Å². The van der Waals surface area contributed by atoms with E-state index in [0.717, 1.165) is 22.6 Å². The molecule has 0 bridgehead atoms. The first-order valence-electron chi connectivity index (χ1n) is 12.5. The van der Waals surface area contributed by atoms with Crippen LogP contribution in [0.4, 0.5) is 0 Å². The molecule has 0 fully saturated rings. The fraction of sp³-hybridized carbons (Fsp3) is 0.400. The van der Waals surface area contributed by atoms with Gasteiger partial charge in [0.05, 0.1) is 32.3 Å². The molecule has 1 aliphatic heterocycles. The van der Waals surface area contributed by atoms with Crippen molar-refractivity contribution in [2.75, 3.05) is 20.8 Å². The van der Waals surface area contributed by atoms with Crippen LogP contribution in [0.2, 0.25) is 0 Å². The molecule has 0 aromatic heterocycles. The Hall–Kier alpha value is -3.74. The summed E-state index contributed by atoms with van der Waals surface area (Å²) in [5.41, 5.74) is 3.41. The Labute approximate surface area is 218 Å². The summed E-state index contributed by atoms with van der Waals surface area (Å²) >= 11 is 0. The molecule has 2 aromatic rings. The van der Waals surface area contributed by atoms with Gasteiger partial charge in [0, 0.05) is 29.3 Å². The van der Waals surface area contributed by atoms with E-state index in [1.807, 2.05) is 63.2 Å². The van der Waals surface area contributed by atoms with Gasteiger partial charge in [-0.1, -0.05) is 32.1 Å². The van der Waals surface area contributed by atoms with Gasteiger partial charge < -0.3 is 24.3 Å². The third-order valence-corrected chi connectivity index (χ3v) is 6.86. The predicted octanol–water partition coefficient (Wildman–Crippen LogP) is 5.31. The highest BCUT2D eigenvalue weighted by atomic mass is 16.5. The van der Waals surface area contributed by atoms with Gasteiger partial charge in [0.25, 0.3) is 0 Å². The molecule has 1 N–H and O–H groups in total. The van der Waals surface area contributed by atoms with Crippen LogP contribution in [-0.4, -0.2) is 32.6 Å². The molecule has 4 rings (SSSR count). The summed E-state index contributed by atoms with van der Waals surface area (Å²) in [5, 5.41) is 3.34. The van der Waals surface area contributed by atoms with Gasteiger partial charge in [-0.05, 0) is 55.2 Å². The van der Waals surface area contributed by atoms with Crippen LogP contribution in [0.3, 0.4) is 0 Å². The topological polar surface area (TPSA) is 83.1 Å². The number of nitrogens with one attached hydrogen (secondary N) is 1. The number of Topliss-reactive ketones (excluding diaryl/α,β-unsaturated/α-hetero) is 1. The van der Waals surface area contributed by atoms with E-state index in [0.29, 0.717) is 35.8 Å². The number of hydrogen-bond acceptors (Lipinski definition) is 7. The number of ether oxygens (including phenoxy) is 4. The molecule has 0 saturated carbocycles. The van der Waals surface area contributed by atoms with Crippen LogP contribution < -0.4 is 19.5 Å². The van der Waals surface area contributed by atoms with Gasteiger partial charge in [-0.25, -0.2) is 4.79 Å². The van der Waals surface area contributed by atoms with E-state index < -0.39 is 17.8 Å². The number of rotatable bonds is 8. The summed E-state index contributed by atoms with van der Waals surface area (Å²) in [5.74, 6) is 0.785. The van der Waals surface area contributed by atoms with Crippen LogP contribution in [0.1, 0.15) is 51.2 Å². The molecule has 7 heteroatoms. The minimum Gasteiger partial charge on any atom is -0.497 e. The first-order valence-corrected chi connectivity index (χ1v) is 12.5. The number of carbonyl (C=O) groups is 2. The zero-order chi connectivity index (χ0) is 26.7. The largest absolute Gasteiger partial charge is 0.497 e. The summed E-state index contributed by atoms with van der Waals surface area (Å²) in [7, 11) is 3.22. The summed E-state index contributed by atoms with van der Waals surface area (Å²) in [6.45, 7) is 8.28. The smallest absolute Gasteiger partial charge is 0.336 e. The second-order valence-electron chi connectivity index (χ2n) is 10.1. The maximum atomic E-state index is 13.5. The fourth-order valence-electron chi connectivity index (χ4n) is 5.21. The van der Waals surface area contributed by atoms with E-state index in [9.17, 15) is 9.59 Å². The molecule has 7 nitrogen and oxygen atoms in total. The van der Waals surface area contributed by atoms with E-state index >= 15 is 0 Å². The van der Waals surface area contributed by atoms with Crippen LogP contribution >= 0.6 is 0 Å². The Kier molecular flexibility index (Phi) is 7.62. The minimum atomic E-state index is -0.498. The molecule has 196 valence electrons. The average molecular weight is 506 g/mol. The van der Waals surface area contributed by atoms with Crippen molar-refractivity contribution in [2.24, 2.45) is 11.3 Å². The maximum absolute atomic E-state index is 13.5. The summed E-state index contributed by atoms with van der Waals surface area (Å²) < 4.78 is 22.3. The van der Waals surface area contributed by atoms with Crippen LogP contribution in [0.15, 0.2) is 65.5 Å². The predicted molar refractivity (Wildman–Crippen MR) is 141 cm³/mol. The average Bonchev–Trinajstić information content (AvgIpc) is 2.86. The van der Waals surface area contributed by atoms with Crippen LogP contribution in [-0.2, 0) is 20.9 Å². The van der Waals surface area contributed by atoms with Crippen LogP contribution in [0.25, 0.3) is 0 Å². The molecule has 0 radical (unpaired) electrons. The second-order valence-corrected chi connectivity index (χ2v) is 10.1. The van der Waals surface area contributed by atoms with Crippen LogP contribution in [0, 0.1) is 11.3 Å². The highest BCUT2D eigenvalue weighted by Crippen LogP contribution is 2.47. The number of fused-ring (bicyclic) bond motifs is 1. The number of hydrogen-bond donors (Lipinski definition) is 1. The number of benzene rings is 2. The van der Waals surface area contributed by atoms with Crippen LogP contribution in [0.5, 0.6) is 17.2 Å². The van der Waals surface area contributed by atoms with Crippen molar-refractivity contribution in [3.63, 3.8) is 0 Å². The van der Waals surface area contributed by atoms with Gasteiger partial charge in [-0.2, -0.15) is 0 Å². The lowest BCUT2D eigenvalue weighted by Crippen LogP contribution is -2.43. The molecule has 1 aliphatic carbocycles. The van der Waals surface area contributed by atoms with Crippen molar-refractivity contribution < 1.29 is 28.5 Å². The first-order chi connectivity index (χ1) is 17.7. The maximum Gasteiger partial charge on any atom is 0.336 e. The molecule has 0 saturated heterocycles. The highest BCUT2D eigenvalue weighted by Gasteiger charge is 2.46. The number of ketones is 1. The fourth-order valence-corrected chi connectivity index (χ4v) is 5.21. The zero-order valence-corrected chi connectivity index (χ0v) is 22.3. The highest BCUT2D eigenvalue weighted by molar-refractivity contribution is 5.96. The molecule has 37 heavy (non-hydrogen) atoms. The molecule has 2 aromatic carbocycles. The Morgan fingerprint density at radius 2 is 1.73 bits per heavy atom. The molecule has 2 atom stereocenters. The van der Waals surface area contributed by atoms with E-state index in [1.54, 1.807) is 21.1 Å². The number of esters is 1. The SMILES string of the molecule is CCOC(=O)C1=C(C)NC2=CC(C)(C)CC(=O)C2C1c1ccc(COc2ccc(OC)cc2)c(OC)c1. The van der Waals surface area contributed by atoms with Gasteiger partial charge in [-0.15, -0.1) is 0 Å². The minimum absolute atomic E-state index is 0.0974. The molecule has 2 aliphatic rings. The lowest BCUT2D eigenvalue weighted by atomic mass is 9.66. The third kappa shape index (κ3) is 5.50. The van der Waals surface area contributed by atoms with E-state index in [1.165, 1.54) is 0 Å². The van der Waals surface area contributed by atoms with Gasteiger partial charge in [-0.3, -0.25) is 4.79 Å². The van der Waals surface area contributed by atoms with E-state index in [2.05, 4.69) is 11.4 Å². The molecule has 0 spiro atoms. The van der Waals surface area contributed by atoms with Crippen molar-refractivity contribution in [3.05, 3.63) is 76.6 Å². The Morgan fingerprint density at radius 3 is 2.38 bits per heavy atom. The second kappa shape index (κ2) is 10.7. The standard InChI is InChI=1S/C30H35NO6/c1-7-36-29(33)26-18(2)31-23-15-30(3,4)16-24(32)28(23)27(26)19-8-9-20(25(14-19)35-6)17-37-22-12-10-21(34-5)11-13-22/h8-15,27-28,31H,7,16-17H2,1-6H3. The monoisotopic (exact) mass is 505 g/mol. The molecular weight excluding hydrogens is 470 g/mol. The Balaban J connectivity index is 1.71. The van der Waals surface area contributed by atoms with Gasteiger partial charge >= 0.3 is 5.97 Å². The lowest BCUT2D eigenvalue weighted by Gasteiger charge is -2.41. The van der Waals surface area contributed by atoms with Crippen molar-refractivity contribution >= 4 is 11.8 Å². The first kappa shape index (κ1) is 26.3. The summed E-state index contributed by atoms with van der Waals surface area (Å²) in [6.07, 6.45) is 2.52. The molecule has 2 unspecified atom stereocenters. The quantitative estimate of drug-likeness (QED) is 0.487. The normalized spacial score (nSPS) is 20.4. The molecule has 1 heterocycles. The van der Waals surface area contributed by atoms with Gasteiger partial charge in [0.15, 0.2) is 0 Å². The van der Waals surface area contributed by atoms with Crippen molar-refractivity contribution in [1.29, 1.82) is 0 Å². The van der Waals surface area contributed by atoms with Crippen molar-refractivity contribution in [2.45, 2.75) is 46.6 Å². The van der Waals surface area contributed by atoms with Gasteiger partial charge in [0.2, 0.25) is 0 Å². The zero-order valence-electron chi connectivity index (χ0n) is 22.3. The molecular formula is C30H35NO6.